The molecule has 0 saturated heterocycles. The summed E-state index contributed by atoms with van der Waals surface area (Å²) in [6, 6.07) is 7.29. The van der Waals surface area contributed by atoms with Crippen molar-refractivity contribution in [3.05, 3.63) is 70.5 Å². The van der Waals surface area contributed by atoms with Gasteiger partial charge in [-0.2, -0.15) is 0 Å². The molecular formula is C16H12F5O4P. The molecule has 0 aliphatic heterocycles. The Bertz CT molecular complexity index is 859. The Balaban J connectivity index is 2.37. The first-order valence-corrected chi connectivity index (χ1v) is 9.17. The van der Waals surface area contributed by atoms with Gasteiger partial charge in [-0.1, -0.05) is 30.3 Å². The Hall–Kier alpha value is -2.25. The lowest BCUT2D eigenvalue weighted by molar-refractivity contribution is -0.138. The van der Waals surface area contributed by atoms with Crippen molar-refractivity contribution in [3.63, 3.8) is 0 Å². The van der Waals surface area contributed by atoms with Crippen molar-refractivity contribution < 1.29 is 41.3 Å². The number of carboxylic acid groups (broad SMARTS) is 1. The van der Waals surface area contributed by atoms with Crippen molar-refractivity contribution in [1.82, 2.24) is 0 Å². The number of carbonyl (C=O) groups is 1. The highest BCUT2D eigenvalue weighted by Gasteiger charge is 2.34. The molecule has 2 aromatic carbocycles. The van der Waals surface area contributed by atoms with E-state index in [0.717, 1.165) is 0 Å². The predicted molar refractivity (Wildman–Crippen MR) is 81.4 cm³/mol. The van der Waals surface area contributed by atoms with Crippen LogP contribution in [0.1, 0.15) is 17.0 Å². The average molecular weight is 394 g/mol. The van der Waals surface area contributed by atoms with Gasteiger partial charge < -0.3 is 10.00 Å². The molecule has 0 heterocycles. The molecule has 0 aromatic heterocycles. The molecule has 0 spiro atoms. The molecule has 140 valence electrons. The van der Waals surface area contributed by atoms with Gasteiger partial charge >= 0.3 is 5.97 Å². The zero-order valence-corrected chi connectivity index (χ0v) is 13.8. The molecule has 0 fully saturated rings. The third kappa shape index (κ3) is 4.11. The summed E-state index contributed by atoms with van der Waals surface area (Å²) in [5.41, 5.74) is -1.30. The summed E-state index contributed by atoms with van der Waals surface area (Å²) in [5.74, 6) is -14.3. The molecule has 10 heteroatoms. The topological polar surface area (TPSA) is 74.6 Å². The monoisotopic (exact) mass is 394 g/mol. The molecular weight excluding hydrogens is 382 g/mol. The lowest BCUT2D eigenvalue weighted by Crippen LogP contribution is -2.17. The van der Waals surface area contributed by atoms with Crippen LogP contribution in [0.3, 0.4) is 0 Å². The van der Waals surface area contributed by atoms with Crippen LogP contribution in [0.2, 0.25) is 0 Å². The minimum absolute atomic E-state index is 0.159. The minimum Gasteiger partial charge on any atom is -0.481 e. The maximum Gasteiger partial charge on any atom is 0.311 e. The third-order valence-corrected chi connectivity index (χ3v) is 5.42. The lowest BCUT2D eigenvalue weighted by Gasteiger charge is -2.18. The number of hydrogen-bond acceptors (Lipinski definition) is 2. The highest BCUT2D eigenvalue weighted by atomic mass is 31.2. The molecule has 26 heavy (non-hydrogen) atoms. The van der Waals surface area contributed by atoms with Gasteiger partial charge in [0.25, 0.3) is 0 Å². The molecule has 2 aromatic rings. The standard InChI is InChI=1S/C16H12F5O4P/c17-11-10(12(18)14(20)15(21)13(11)19)7-26(24,25)6-9(16(22)23)8-4-2-1-3-5-8/h1-5,9H,6-7H2,(H,22,23)(H,24,25). The number of carboxylic acids is 1. The van der Waals surface area contributed by atoms with Crippen molar-refractivity contribution in [2.75, 3.05) is 6.16 Å². The van der Waals surface area contributed by atoms with E-state index >= 15 is 0 Å². The Morgan fingerprint density at radius 3 is 1.85 bits per heavy atom. The summed E-state index contributed by atoms with van der Waals surface area (Å²) in [7, 11) is -4.62. The lowest BCUT2D eigenvalue weighted by atomic mass is 10.0. The first kappa shape index (κ1) is 20.1. The molecule has 2 unspecified atom stereocenters. The first-order valence-electron chi connectivity index (χ1n) is 7.14. The Morgan fingerprint density at radius 2 is 1.38 bits per heavy atom. The van der Waals surface area contributed by atoms with E-state index in [4.69, 9.17) is 0 Å². The number of aliphatic carboxylic acids is 1. The molecule has 0 aliphatic carbocycles. The van der Waals surface area contributed by atoms with Crippen LogP contribution in [0.15, 0.2) is 30.3 Å². The molecule has 0 saturated carbocycles. The molecule has 0 amide bonds. The maximum absolute atomic E-state index is 13.7. The zero-order valence-electron chi connectivity index (χ0n) is 12.9. The minimum atomic E-state index is -4.62. The van der Waals surface area contributed by atoms with E-state index in [1.807, 2.05) is 0 Å². The Morgan fingerprint density at radius 1 is 0.923 bits per heavy atom. The second kappa shape index (κ2) is 7.55. The van der Waals surface area contributed by atoms with E-state index in [-0.39, 0.29) is 5.56 Å². The van der Waals surface area contributed by atoms with Crippen LogP contribution in [-0.4, -0.2) is 22.1 Å². The largest absolute Gasteiger partial charge is 0.481 e. The fraction of sp³-hybridized carbons (Fsp3) is 0.188. The summed E-state index contributed by atoms with van der Waals surface area (Å²) >= 11 is 0. The van der Waals surface area contributed by atoms with E-state index in [9.17, 15) is 41.3 Å². The Labute approximate surface area is 144 Å². The van der Waals surface area contributed by atoms with Gasteiger partial charge in [-0.25, -0.2) is 22.0 Å². The highest BCUT2D eigenvalue weighted by molar-refractivity contribution is 7.57. The molecule has 0 bridgehead atoms. The fourth-order valence-electron chi connectivity index (χ4n) is 2.40. The fourth-order valence-corrected chi connectivity index (χ4v) is 4.24. The Kier molecular flexibility index (Phi) is 5.83. The number of rotatable bonds is 6. The molecule has 0 aliphatic rings. The molecule has 0 radical (unpaired) electrons. The summed E-state index contributed by atoms with van der Waals surface area (Å²) in [4.78, 5) is 21.3. The van der Waals surface area contributed by atoms with Gasteiger partial charge in [0.2, 0.25) is 13.2 Å². The van der Waals surface area contributed by atoms with Crippen molar-refractivity contribution in [2.24, 2.45) is 0 Å². The predicted octanol–water partition coefficient (Wildman–Crippen LogP) is 4.02. The van der Waals surface area contributed by atoms with E-state index in [0.29, 0.717) is 0 Å². The normalized spacial score (nSPS) is 14.7. The second-order valence-corrected chi connectivity index (χ2v) is 7.91. The molecule has 2 N–H and O–H groups in total. The average Bonchev–Trinajstić information content (AvgIpc) is 2.60. The van der Waals surface area contributed by atoms with Gasteiger partial charge in [-0.15, -0.1) is 0 Å². The van der Waals surface area contributed by atoms with Gasteiger partial charge in [0, 0.05) is 11.7 Å². The van der Waals surface area contributed by atoms with Gasteiger partial charge in [-0.05, 0) is 5.56 Å². The van der Waals surface area contributed by atoms with E-state index in [2.05, 4.69) is 0 Å². The quantitative estimate of drug-likeness (QED) is 0.336. The number of benzene rings is 2. The van der Waals surface area contributed by atoms with Crippen molar-refractivity contribution in [3.8, 4) is 0 Å². The van der Waals surface area contributed by atoms with Crippen molar-refractivity contribution in [2.45, 2.75) is 12.1 Å². The van der Waals surface area contributed by atoms with Crippen LogP contribution < -0.4 is 0 Å². The van der Waals surface area contributed by atoms with Gasteiger partial charge in [0.15, 0.2) is 23.3 Å². The maximum atomic E-state index is 13.7. The third-order valence-electron chi connectivity index (χ3n) is 3.67. The number of halogens is 5. The van der Waals surface area contributed by atoms with Crippen LogP contribution in [-0.2, 0) is 15.5 Å². The molecule has 2 rings (SSSR count). The van der Waals surface area contributed by atoms with E-state index < -0.39 is 66.2 Å². The van der Waals surface area contributed by atoms with Crippen LogP contribution in [0.5, 0.6) is 0 Å². The highest BCUT2D eigenvalue weighted by Crippen LogP contribution is 2.49. The summed E-state index contributed by atoms with van der Waals surface area (Å²) in [6.07, 6.45) is -2.33. The molecule has 2 atom stereocenters. The van der Waals surface area contributed by atoms with Gasteiger partial charge in [-0.3, -0.25) is 9.36 Å². The van der Waals surface area contributed by atoms with Crippen molar-refractivity contribution >= 4 is 13.3 Å². The van der Waals surface area contributed by atoms with E-state index in [1.165, 1.54) is 24.3 Å². The van der Waals surface area contributed by atoms with Gasteiger partial charge in [0.05, 0.1) is 12.1 Å². The van der Waals surface area contributed by atoms with Crippen LogP contribution in [0.4, 0.5) is 22.0 Å². The molecule has 4 nitrogen and oxygen atoms in total. The van der Waals surface area contributed by atoms with Crippen molar-refractivity contribution in [1.29, 1.82) is 0 Å². The smallest absolute Gasteiger partial charge is 0.311 e. The van der Waals surface area contributed by atoms with E-state index in [1.54, 1.807) is 6.07 Å². The summed E-state index contributed by atoms with van der Waals surface area (Å²) in [5, 5.41) is 9.24. The summed E-state index contributed by atoms with van der Waals surface area (Å²) in [6.45, 7) is 0. The second-order valence-electron chi connectivity index (χ2n) is 5.54. The van der Waals surface area contributed by atoms with Crippen LogP contribution >= 0.6 is 7.37 Å². The zero-order chi connectivity index (χ0) is 19.6. The first-order chi connectivity index (χ1) is 12.0. The van der Waals surface area contributed by atoms with Crippen LogP contribution in [0.25, 0.3) is 0 Å². The van der Waals surface area contributed by atoms with Crippen LogP contribution in [0, 0.1) is 29.1 Å². The SMILES string of the molecule is O=C(O)C(CP(=O)(O)Cc1c(F)c(F)c(F)c(F)c1F)c1ccccc1. The number of hydrogen-bond donors (Lipinski definition) is 2. The summed E-state index contributed by atoms with van der Waals surface area (Å²) < 4.78 is 79.1. The van der Waals surface area contributed by atoms with Gasteiger partial charge in [0.1, 0.15) is 0 Å².